The number of imidazole rings is 1. The summed E-state index contributed by atoms with van der Waals surface area (Å²) < 4.78 is 1.99. The maximum atomic E-state index is 5.65. The van der Waals surface area contributed by atoms with Gasteiger partial charge in [0.1, 0.15) is 0 Å². The number of rotatable bonds is 3. The van der Waals surface area contributed by atoms with E-state index in [0.29, 0.717) is 11.4 Å². The highest BCUT2D eigenvalue weighted by Crippen LogP contribution is 2.22. The first-order valence-corrected chi connectivity index (χ1v) is 4.32. The number of hydrogen-bond acceptors (Lipinski definition) is 2. The number of hydrogen-bond donors (Lipinski definition) is 1. The molecule has 2 N–H and O–H groups in total. The fourth-order valence-corrected chi connectivity index (χ4v) is 1.05. The van der Waals surface area contributed by atoms with E-state index < -0.39 is 0 Å². The third-order valence-electron chi connectivity index (χ3n) is 2.30. The van der Waals surface area contributed by atoms with Gasteiger partial charge in [-0.15, -0.1) is 0 Å². The quantitative estimate of drug-likeness (QED) is 0.747. The summed E-state index contributed by atoms with van der Waals surface area (Å²) in [4.78, 5) is 3.98. The lowest BCUT2D eigenvalue weighted by Gasteiger charge is -2.23. The first-order chi connectivity index (χ1) is 5.55. The van der Waals surface area contributed by atoms with Gasteiger partial charge in [-0.25, -0.2) is 4.98 Å². The van der Waals surface area contributed by atoms with Gasteiger partial charge in [0.05, 0.1) is 0 Å². The van der Waals surface area contributed by atoms with Crippen LogP contribution >= 0.6 is 0 Å². The van der Waals surface area contributed by atoms with Gasteiger partial charge in [-0.2, -0.15) is 0 Å². The molecule has 0 aliphatic heterocycles. The molecule has 0 amide bonds. The summed E-state index contributed by atoms with van der Waals surface area (Å²) in [6.07, 6.45) is 4.80. The van der Waals surface area contributed by atoms with E-state index in [-0.39, 0.29) is 0 Å². The van der Waals surface area contributed by atoms with Crippen LogP contribution in [0.5, 0.6) is 0 Å². The zero-order valence-electron chi connectivity index (χ0n) is 8.04. The zero-order valence-corrected chi connectivity index (χ0v) is 8.04. The van der Waals surface area contributed by atoms with E-state index >= 15 is 0 Å². The van der Waals surface area contributed by atoms with Gasteiger partial charge in [-0.3, -0.25) is 0 Å². The van der Waals surface area contributed by atoms with Crippen LogP contribution in [0.2, 0.25) is 0 Å². The van der Waals surface area contributed by atoms with E-state index in [1.165, 1.54) is 0 Å². The summed E-state index contributed by atoms with van der Waals surface area (Å²) in [5, 5.41) is 0. The zero-order chi connectivity index (χ0) is 9.19. The van der Waals surface area contributed by atoms with Crippen LogP contribution in [-0.4, -0.2) is 9.55 Å². The van der Waals surface area contributed by atoms with Crippen LogP contribution in [0, 0.1) is 5.41 Å². The number of anilines is 1. The molecule has 1 rings (SSSR count). The second-order valence-corrected chi connectivity index (χ2v) is 3.93. The Labute approximate surface area is 73.6 Å². The van der Waals surface area contributed by atoms with Crippen molar-refractivity contribution in [1.82, 2.24) is 9.55 Å². The molecule has 0 aromatic carbocycles. The summed E-state index contributed by atoms with van der Waals surface area (Å²) in [6.45, 7) is 7.58. The molecule has 0 saturated carbocycles. The highest BCUT2D eigenvalue weighted by Gasteiger charge is 2.16. The molecule has 0 unspecified atom stereocenters. The highest BCUT2D eigenvalue weighted by molar-refractivity contribution is 5.16. The average molecular weight is 167 g/mol. The first kappa shape index (κ1) is 9.10. The smallest absolute Gasteiger partial charge is 0.200 e. The molecule has 1 aromatic rings. The van der Waals surface area contributed by atoms with Crippen molar-refractivity contribution in [3.05, 3.63) is 12.4 Å². The molecule has 1 aromatic heterocycles. The van der Waals surface area contributed by atoms with E-state index in [2.05, 4.69) is 25.8 Å². The Hall–Kier alpha value is -0.990. The van der Waals surface area contributed by atoms with Crippen LogP contribution in [0.25, 0.3) is 0 Å². The predicted octanol–water partition coefficient (Wildman–Crippen LogP) is 1.90. The minimum Gasteiger partial charge on any atom is -0.369 e. The van der Waals surface area contributed by atoms with Gasteiger partial charge in [0, 0.05) is 18.9 Å². The number of aromatic nitrogens is 2. The van der Waals surface area contributed by atoms with Crippen LogP contribution in [0.1, 0.15) is 27.2 Å². The Morgan fingerprint density at radius 2 is 2.25 bits per heavy atom. The number of nitrogen functional groups attached to an aromatic ring is 1. The van der Waals surface area contributed by atoms with E-state index in [9.17, 15) is 0 Å². The lowest BCUT2D eigenvalue weighted by molar-refractivity contribution is 0.296. The van der Waals surface area contributed by atoms with Gasteiger partial charge in [-0.05, 0) is 11.8 Å². The molecular weight excluding hydrogens is 150 g/mol. The van der Waals surface area contributed by atoms with Crippen LogP contribution in [0.4, 0.5) is 5.95 Å². The molecule has 0 saturated heterocycles. The molecule has 0 aliphatic carbocycles. The van der Waals surface area contributed by atoms with Crippen molar-refractivity contribution in [2.75, 3.05) is 5.73 Å². The van der Waals surface area contributed by atoms with Crippen molar-refractivity contribution in [2.45, 2.75) is 33.7 Å². The van der Waals surface area contributed by atoms with Crippen molar-refractivity contribution in [3.8, 4) is 0 Å². The molecule has 0 radical (unpaired) electrons. The minimum atomic E-state index is 0.300. The minimum absolute atomic E-state index is 0.300. The van der Waals surface area contributed by atoms with Crippen molar-refractivity contribution in [2.24, 2.45) is 5.41 Å². The molecule has 1 heterocycles. The first-order valence-electron chi connectivity index (χ1n) is 4.32. The lowest BCUT2D eigenvalue weighted by Crippen LogP contribution is -2.19. The predicted molar refractivity (Wildman–Crippen MR) is 50.7 cm³/mol. The summed E-state index contributed by atoms with van der Waals surface area (Å²) in [5.41, 5.74) is 5.95. The molecular formula is C9H17N3. The fourth-order valence-electron chi connectivity index (χ4n) is 1.05. The molecule has 3 nitrogen and oxygen atoms in total. The van der Waals surface area contributed by atoms with Crippen molar-refractivity contribution in [1.29, 1.82) is 0 Å². The Morgan fingerprint density at radius 1 is 1.58 bits per heavy atom. The topological polar surface area (TPSA) is 43.8 Å². The molecule has 0 fully saturated rings. The average Bonchev–Trinajstić information content (AvgIpc) is 2.36. The summed E-state index contributed by atoms with van der Waals surface area (Å²) >= 11 is 0. The van der Waals surface area contributed by atoms with Gasteiger partial charge in [0.15, 0.2) is 5.95 Å². The van der Waals surface area contributed by atoms with Crippen LogP contribution in [-0.2, 0) is 6.54 Å². The Bertz CT molecular complexity index is 250. The Balaban J connectivity index is 2.70. The van der Waals surface area contributed by atoms with Gasteiger partial charge < -0.3 is 10.3 Å². The van der Waals surface area contributed by atoms with Crippen LogP contribution < -0.4 is 5.73 Å². The van der Waals surface area contributed by atoms with Gasteiger partial charge >= 0.3 is 0 Å². The van der Waals surface area contributed by atoms with E-state index in [1.54, 1.807) is 6.20 Å². The molecule has 12 heavy (non-hydrogen) atoms. The van der Waals surface area contributed by atoms with Crippen LogP contribution in [0.3, 0.4) is 0 Å². The SMILES string of the molecule is CCC(C)(C)Cn1ccnc1N. The molecule has 0 bridgehead atoms. The molecule has 0 spiro atoms. The molecule has 0 atom stereocenters. The van der Waals surface area contributed by atoms with Gasteiger partial charge in [0.2, 0.25) is 0 Å². The molecule has 68 valence electrons. The molecule has 3 heteroatoms. The standard InChI is InChI=1S/C9H17N3/c1-4-9(2,3)7-12-6-5-11-8(12)10/h5-6H,4,7H2,1-3H3,(H2,10,11). The van der Waals surface area contributed by atoms with E-state index in [4.69, 9.17) is 5.73 Å². The maximum absolute atomic E-state index is 5.65. The largest absolute Gasteiger partial charge is 0.369 e. The third kappa shape index (κ3) is 2.00. The van der Waals surface area contributed by atoms with Gasteiger partial charge in [0.25, 0.3) is 0 Å². The Morgan fingerprint density at radius 3 is 2.67 bits per heavy atom. The third-order valence-corrected chi connectivity index (χ3v) is 2.30. The van der Waals surface area contributed by atoms with E-state index in [0.717, 1.165) is 13.0 Å². The van der Waals surface area contributed by atoms with Crippen molar-refractivity contribution >= 4 is 5.95 Å². The second kappa shape index (κ2) is 3.17. The fraction of sp³-hybridized carbons (Fsp3) is 0.667. The normalized spacial score (nSPS) is 11.9. The van der Waals surface area contributed by atoms with E-state index in [1.807, 2.05) is 10.8 Å². The van der Waals surface area contributed by atoms with Gasteiger partial charge in [-0.1, -0.05) is 20.8 Å². The summed E-state index contributed by atoms with van der Waals surface area (Å²) in [5.74, 6) is 0.608. The monoisotopic (exact) mass is 167 g/mol. The Kier molecular flexibility index (Phi) is 2.40. The second-order valence-electron chi connectivity index (χ2n) is 3.93. The summed E-state index contributed by atoms with van der Waals surface area (Å²) in [7, 11) is 0. The van der Waals surface area contributed by atoms with Crippen molar-refractivity contribution < 1.29 is 0 Å². The highest BCUT2D eigenvalue weighted by atomic mass is 15.1. The molecule has 0 aliphatic rings. The maximum Gasteiger partial charge on any atom is 0.200 e. The summed E-state index contributed by atoms with van der Waals surface area (Å²) in [6, 6.07) is 0. The number of nitrogens with two attached hydrogens (primary N) is 1. The van der Waals surface area contributed by atoms with Crippen molar-refractivity contribution in [3.63, 3.8) is 0 Å². The number of nitrogens with zero attached hydrogens (tertiary/aromatic N) is 2. The lowest BCUT2D eigenvalue weighted by atomic mass is 9.90. The van der Waals surface area contributed by atoms with Crippen LogP contribution in [0.15, 0.2) is 12.4 Å².